The molecule has 0 aliphatic heterocycles. The topological polar surface area (TPSA) is 56.3 Å². The molecule has 0 atom stereocenters. The molecule has 0 amide bonds. The van der Waals surface area contributed by atoms with Crippen molar-refractivity contribution < 1.29 is 14.3 Å². The minimum Gasteiger partial charge on any atom is -0.464 e. The molecule has 5 heteroatoms. The Balaban J connectivity index is 2.18. The number of ether oxygens (including phenoxy) is 1. The molecule has 1 fully saturated rings. The summed E-state index contributed by atoms with van der Waals surface area (Å²) in [6.45, 7) is 6.02. The molecule has 0 N–H and O–H groups in total. The van der Waals surface area contributed by atoms with E-state index >= 15 is 0 Å². The van der Waals surface area contributed by atoms with Gasteiger partial charge in [-0.1, -0.05) is 13.8 Å². The number of nitrogens with zero attached hydrogens (tertiary/aromatic N) is 1. The van der Waals surface area contributed by atoms with Crippen LogP contribution in [0.15, 0.2) is 0 Å². The highest BCUT2D eigenvalue weighted by molar-refractivity contribution is 7.14. The van der Waals surface area contributed by atoms with E-state index in [0.717, 1.165) is 29.7 Å². The van der Waals surface area contributed by atoms with Gasteiger partial charge >= 0.3 is 5.97 Å². The Hall–Kier alpha value is -1.23. The van der Waals surface area contributed by atoms with E-state index in [0.29, 0.717) is 10.8 Å². The summed E-state index contributed by atoms with van der Waals surface area (Å²) in [6.07, 6.45) is 4.58. The first-order valence-electron chi connectivity index (χ1n) is 7.54. The standard InChI is InChI=1S/C16H23NO3S/c1-9(2)11-5-7-12(8-6-11)15-17-13(16(19)20-4)14(21-15)10(3)18/h9,11-12H,5-8H2,1-4H3. The molecule has 1 aliphatic carbocycles. The van der Waals surface area contributed by atoms with Crippen LogP contribution < -0.4 is 0 Å². The molecule has 0 unspecified atom stereocenters. The van der Waals surface area contributed by atoms with Gasteiger partial charge in [-0.3, -0.25) is 4.79 Å². The molecule has 0 saturated heterocycles. The van der Waals surface area contributed by atoms with Crippen LogP contribution in [-0.2, 0) is 4.74 Å². The van der Waals surface area contributed by atoms with Crippen molar-refractivity contribution in [1.29, 1.82) is 0 Å². The van der Waals surface area contributed by atoms with E-state index in [1.807, 2.05) is 0 Å². The second-order valence-electron chi connectivity index (χ2n) is 6.13. The first-order chi connectivity index (χ1) is 9.93. The van der Waals surface area contributed by atoms with Crippen molar-refractivity contribution in [1.82, 2.24) is 4.98 Å². The van der Waals surface area contributed by atoms with E-state index in [2.05, 4.69) is 18.8 Å². The van der Waals surface area contributed by atoms with Crippen molar-refractivity contribution in [2.24, 2.45) is 11.8 Å². The van der Waals surface area contributed by atoms with E-state index in [9.17, 15) is 9.59 Å². The number of thiazole rings is 1. The van der Waals surface area contributed by atoms with Crippen LogP contribution in [0.1, 0.15) is 77.5 Å². The molecule has 0 spiro atoms. The lowest BCUT2D eigenvalue weighted by Crippen LogP contribution is -2.17. The zero-order valence-corrected chi connectivity index (χ0v) is 14.0. The Bertz CT molecular complexity index is 528. The number of Topliss-reactive ketones (excluding diaryl/α,β-unsaturated/α-hetero) is 1. The van der Waals surface area contributed by atoms with Crippen LogP contribution in [0, 0.1) is 11.8 Å². The number of methoxy groups -OCH3 is 1. The van der Waals surface area contributed by atoms with E-state index < -0.39 is 5.97 Å². The second-order valence-corrected chi connectivity index (χ2v) is 7.16. The molecule has 1 heterocycles. The smallest absolute Gasteiger partial charge is 0.358 e. The third-order valence-corrected chi connectivity index (χ3v) is 5.72. The number of carbonyl (C=O) groups excluding carboxylic acids is 2. The van der Waals surface area contributed by atoms with Crippen LogP contribution in [-0.4, -0.2) is 23.8 Å². The fourth-order valence-electron chi connectivity index (χ4n) is 3.02. The summed E-state index contributed by atoms with van der Waals surface area (Å²) in [5.41, 5.74) is 0.191. The SMILES string of the molecule is COC(=O)c1nc(C2CCC(C(C)C)CC2)sc1C(C)=O. The molecule has 1 aromatic heterocycles. The summed E-state index contributed by atoms with van der Waals surface area (Å²) >= 11 is 1.37. The molecule has 4 nitrogen and oxygen atoms in total. The minimum atomic E-state index is -0.515. The van der Waals surface area contributed by atoms with Crippen LogP contribution >= 0.6 is 11.3 Å². The fourth-order valence-corrected chi connectivity index (χ4v) is 4.14. The molecule has 0 bridgehead atoms. The number of ketones is 1. The predicted octanol–water partition coefficient (Wildman–Crippen LogP) is 4.06. The molecular weight excluding hydrogens is 286 g/mol. The lowest BCUT2D eigenvalue weighted by atomic mass is 9.77. The summed E-state index contributed by atoms with van der Waals surface area (Å²) < 4.78 is 4.73. The van der Waals surface area contributed by atoms with Gasteiger partial charge < -0.3 is 4.74 Å². The molecule has 1 aromatic rings. The largest absolute Gasteiger partial charge is 0.464 e. The first kappa shape index (κ1) is 16.1. The monoisotopic (exact) mass is 309 g/mol. The average Bonchev–Trinajstić information content (AvgIpc) is 2.92. The van der Waals surface area contributed by atoms with Crippen molar-refractivity contribution in [3.63, 3.8) is 0 Å². The number of hydrogen-bond donors (Lipinski definition) is 0. The van der Waals surface area contributed by atoms with E-state index in [1.54, 1.807) is 0 Å². The van der Waals surface area contributed by atoms with Crippen LogP contribution in [0.2, 0.25) is 0 Å². The Morgan fingerprint density at radius 3 is 2.33 bits per heavy atom. The van der Waals surface area contributed by atoms with Crippen molar-refractivity contribution >= 4 is 23.1 Å². The highest BCUT2D eigenvalue weighted by Crippen LogP contribution is 2.40. The van der Waals surface area contributed by atoms with Crippen molar-refractivity contribution in [2.45, 2.75) is 52.4 Å². The fraction of sp³-hybridized carbons (Fsp3) is 0.688. The maximum atomic E-state index is 11.7. The van der Waals surface area contributed by atoms with Gasteiger partial charge in [0.1, 0.15) is 4.88 Å². The molecule has 1 aliphatic rings. The van der Waals surface area contributed by atoms with Gasteiger partial charge in [0.2, 0.25) is 0 Å². The van der Waals surface area contributed by atoms with E-state index in [-0.39, 0.29) is 11.5 Å². The number of esters is 1. The van der Waals surface area contributed by atoms with Crippen LogP contribution in [0.5, 0.6) is 0 Å². The molecule has 21 heavy (non-hydrogen) atoms. The van der Waals surface area contributed by atoms with Crippen LogP contribution in [0.4, 0.5) is 0 Å². The van der Waals surface area contributed by atoms with E-state index in [1.165, 1.54) is 38.2 Å². The number of carbonyl (C=O) groups is 2. The van der Waals surface area contributed by atoms with Crippen LogP contribution in [0.3, 0.4) is 0 Å². The number of rotatable bonds is 4. The summed E-state index contributed by atoms with van der Waals surface area (Å²) in [4.78, 5) is 28.3. The Morgan fingerprint density at radius 1 is 1.24 bits per heavy atom. The summed E-state index contributed by atoms with van der Waals surface area (Å²) in [6, 6.07) is 0. The highest BCUT2D eigenvalue weighted by atomic mass is 32.1. The first-order valence-corrected chi connectivity index (χ1v) is 8.35. The van der Waals surface area contributed by atoms with E-state index in [4.69, 9.17) is 4.74 Å². The van der Waals surface area contributed by atoms with Crippen LogP contribution in [0.25, 0.3) is 0 Å². The molecule has 0 aromatic carbocycles. The van der Waals surface area contributed by atoms with Gasteiger partial charge in [0.25, 0.3) is 0 Å². The van der Waals surface area contributed by atoms with Crippen molar-refractivity contribution in [3.05, 3.63) is 15.6 Å². The molecule has 116 valence electrons. The molecule has 0 radical (unpaired) electrons. The zero-order chi connectivity index (χ0) is 15.6. The summed E-state index contributed by atoms with van der Waals surface area (Å²) in [5.74, 6) is 1.25. The average molecular weight is 309 g/mol. The van der Waals surface area contributed by atoms with Gasteiger partial charge in [-0.15, -0.1) is 11.3 Å². The lowest BCUT2D eigenvalue weighted by molar-refractivity contribution is 0.0591. The molecule has 2 rings (SSSR count). The second kappa shape index (κ2) is 6.69. The lowest BCUT2D eigenvalue weighted by Gasteiger charge is -2.29. The summed E-state index contributed by atoms with van der Waals surface area (Å²) in [5, 5.41) is 0.919. The van der Waals surface area contributed by atoms with Crippen molar-refractivity contribution in [3.8, 4) is 0 Å². The molecule has 1 saturated carbocycles. The number of hydrogen-bond acceptors (Lipinski definition) is 5. The zero-order valence-electron chi connectivity index (χ0n) is 13.1. The quantitative estimate of drug-likeness (QED) is 0.621. The highest BCUT2D eigenvalue weighted by Gasteiger charge is 2.29. The third kappa shape index (κ3) is 3.51. The van der Waals surface area contributed by atoms with Gasteiger partial charge in [-0.25, -0.2) is 9.78 Å². The normalized spacial score (nSPS) is 22.3. The minimum absolute atomic E-state index is 0.116. The Labute approximate surface area is 129 Å². The summed E-state index contributed by atoms with van der Waals surface area (Å²) in [7, 11) is 1.32. The maximum Gasteiger partial charge on any atom is 0.358 e. The Kier molecular flexibility index (Phi) is 5.14. The predicted molar refractivity (Wildman–Crippen MR) is 83.0 cm³/mol. The van der Waals surface area contributed by atoms with Gasteiger partial charge in [0.05, 0.1) is 12.1 Å². The van der Waals surface area contributed by atoms with Crippen molar-refractivity contribution in [2.75, 3.05) is 7.11 Å². The van der Waals surface area contributed by atoms with Gasteiger partial charge in [0, 0.05) is 12.8 Å². The Morgan fingerprint density at radius 2 is 1.86 bits per heavy atom. The maximum absolute atomic E-state index is 11.7. The van der Waals surface area contributed by atoms with Gasteiger partial charge in [-0.05, 0) is 37.5 Å². The van der Waals surface area contributed by atoms with Gasteiger partial charge in [0.15, 0.2) is 11.5 Å². The third-order valence-electron chi connectivity index (χ3n) is 4.41. The van der Waals surface area contributed by atoms with Gasteiger partial charge in [-0.2, -0.15) is 0 Å². The number of aromatic nitrogens is 1. The molecular formula is C16H23NO3S.